The molecule has 0 spiro atoms. The van der Waals surface area contributed by atoms with Crippen LogP contribution >= 0.6 is 0 Å². The van der Waals surface area contributed by atoms with Gasteiger partial charge in [-0.15, -0.1) is 0 Å². The molecule has 1 rings (SSSR count). The largest absolute Gasteiger partial charge is 0.374 e. The lowest BCUT2D eigenvalue weighted by Gasteiger charge is -2.21. The van der Waals surface area contributed by atoms with Gasteiger partial charge in [-0.1, -0.05) is 19.8 Å². The molecule has 0 aliphatic rings. The molecule has 0 amide bonds. The van der Waals surface area contributed by atoms with E-state index in [-0.39, 0.29) is 5.78 Å². The molecule has 96 valence electrons. The zero-order valence-electron chi connectivity index (χ0n) is 11.4. The smallest absolute Gasteiger partial charge is 0.161 e. The van der Waals surface area contributed by atoms with Crippen molar-refractivity contribution in [1.82, 2.24) is 0 Å². The molecule has 0 aliphatic carbocycles. The van der Waals surface area contributed by atoms with Gasteiger partial charge in [0.15, 0.2) is 5.78 Å². The van der Waals surface area contributed by atoms with E-state index < -0.39 is 0 Å². The first-order valence-electron chi connectivity index (χ1n) is 6.36. The maximum Gasteiger partial charge on any atom is 0.161 e. The van der Waals surface area contributed by atoms with Crippen LogP contribution in [0.5, 0.6) is 0 Å². The SMILES string of the molecule is CCCCCN(C)c1cc(C#N)ccc1C(C)=O. The minimum atomic E-state index is 0.0387. The number of benzene rings is 1. The Labute approximate surface area is 109 Å². The Morgan fingerprint density at radius 3 is 2.67 bits per heavy atom. The van der Waals surface area contributed by atoms with Crippen LogP contribution in [0.3, 0.4) is 0 Å². The molecule has 0 N–H and O–H groups in total. The van der Waals surface area contributed by atoms with Crippen LogP contribution in [0.2, 0.25) is 0 Å². The fraction of sp³-hybridized carbons (Fsp3) is 0.467. The molecule has 0 bridgehead atoms. The minimum absolute atomic E-state index is 0.0387. The van der Waals surface area contributed by atoms with Crippen molar-refractivity contribution in [2.75, 3.05) is 18.5 Å². The lowest BCUT2D eigenvalue weighted by atomic mass is 10.1. The molecule has 1 aromatic carbocycles. The van der Waals surface area contributed by atoms with Crippen LogP contribution in [0.15, 0.2) is 18.2 Å². The third kappa shape index (κ3) is 3.59. The molecule has 0 radical (unpaired) electrons. The summed E-state index contributed by atoms with van der Waals surface area (Å²) in [5.41, 5.74) is 2.14. The minimum Gasteiger partial charge on any atom is -0.374 e. The number of carbonyl (C=O) groups is 1. The molecule has 0 saturated carbocycles. The third-order valence-electron chi connectivity index (χ3n) is 3.01. The Bertz CT molecular complexity index is 460. The number of rotatable bonds is 6. The number of hydrogen-bond acceptors (Lipinski definition) is 3. The second kappa shape index (κ2) is 6.80. The number of carbonyl (C=O) groups excluding carboxylic acids is 1. The summed E-state index contributed by atoms with van der Waals surface area (Å²) in [4.78, 5) is 13.7. The number of Topliss-reactive ketones (excluding diaryl/α,β-unsaturated/α-hetero) is 1. The van der Waals surface area contributed by atoms with Gasteiger partial charge in [0.1, 0.15) is 0 Å². The first-order valence-corrected chi connectivity index (χ1v) is 6.36. The van der Waals surface area contributed by atoms with Crippen LogP contribution < -0.4 is 4.90 Å². The number of nitrogens with zero attached hydrogens (tertiary/aromatic N) is 2. The fourth-order valence-corrected chi connectivity index (χ4v) is 1.93. The predicted octanol–water partition coefficient (Wildman–Crippen LogP) is 3.39. The van der Waals surface area contributed by atoms with Crippen molar-refractivity contribution in [3.05, 3.63) is 29.3 Å². The molecule has 0 aromatic heterocycles. The average Bonchev–Trinajstić information content (AvgIpc) is 2.38. The molecule has 18 heavy (non-hydrogen) atoms. The first-order chi connectivity index (χ1) is 8.60. The summed E-state index contributed by atoms with van der Waals surface area (Å²) in [5, 5.41) is 8.93. The first kappa shape index (κ1) is 14.2. The van der Waals surface area contributed by atoms with Crippen LogP contribution in [-0.2, 0) is 0 Å². The van der Waals surface area contributed by atoms with Crippen molar-refractivity contribution in [2.24, 2.45) is 0 Å². The van der Waals surface area contributed by atoms with E-state index in [4.69, 9.17) is 5.26 Å². The summed E-state index contributed by atoms with van der Waals surface area (Å²) in [6, 6.07) is 7.35. The molecule has 0 aliphatic heterocycles. The molecular weight excluding hydrogens is 224 g/mol. The lowest BCUT2D eigenvalue weighted by molar-refractivity contribution is 0.101. The highest BCUT2D eigenvalue weighted by Gasteiger charge is 2.11. The average molecular weight is 244 g/mol. The summed E-state index contributed by atoms with van der Waals surface area (Å²) in [5.74, 6) is 0.0387. The Kier molecular flexibility index (Phi) is 5.38. The molecule has 0 fully saturated rings. The Morgan fingerprint density at radius 2 is 2.11 bits per heavy atom. The number of anilines is 1. The summed E-state index contributed by atoms with van der Waals surface area (Å²) >= 11 is 0. The monoisotopic (exact) mass is 244 g/mol. The predicted molar refractivity (Wildman–Crippen MR) is 74.0 cm³/mol. The van der Waals surface area contributed by atoms with Gasteiger partial charge in [0.25, 0.3) is 0 Å². The highest BCUT2D eigenvalue weighted by atomic mass is 16.1. The topological polar surface area (TPSA) is 44.1 Å². The Balaban J connectivity index is 2.96. The van der Waals surface area contributed by atoms with Crippen molar-refractivity contribution < 1.29 is 4.79 Å². The van der Waals surface area contributed by atoms with Gasteiger partial charge in [-0.3, -0.25) is 4.79 Å². The number of hydrogen-bond donors (Lipinski definition) is 0. The lowest BCUT2D eigenvalue weighted by Crippen LogP contribution is -2.21. The van der Waals surface area contributed by atoms with Crippen molar-refractivity contribution >= 4 is 11.5 Å². The van der Waals surface area contributed by atoms with E-state index in [1.54, 1.807) is 25.1 Å². The van der Waals surface area contributed by atoms with Crippen LogP contribution in [0, 0.1) is 11.3 Å². The molecule has 0 unspecified atom stereocenters. The zero-order chi connectivity index (χ0) is 13.5. The van der Waals surface area contributed by atoms with Crippen molar-refractivity contribution in [1.29, 1.82) is 5.26 Å². The van der Waals surface area contributed by atoms with Crippen molar-refractivity contribution in [3.63, 3.8) is 0 Å². The van der Waals surface area contributed by atoms with Crippen molar-refractivity contribution in [3.8, 4) is 6.07 Å². The summed E-state index contributed by atoms with van der Waals surface area (Å²) < 4.78 is 0. The van der Waals surface area contributed by atoms with Crippen LogP contribution in [-0.4, -0.2) is 19.4 Å². The maximum atomic E-state index is 11.6. The normalized spacial score (nSPS) is 9.89. The van der Waals surface area contributed by atoms with E-state index in [2.05, 4.69) is 17.9 Å². The zero-order valence-corrected chi connectivity index (χ0v) is 11.4. The third-order valence-corrected chi connectivity index (χ3v) is 3.01. The van der Waals surface area contributed by atoms with Gasteiger partial charge in [0, 0.05) is 24.8 Å². The van der Waals surface area contributed by atoms with Gasteiger partial charge >= 0.3 is 0 Å². The molecule has 0 atom stereocenters. The van der Waals surface area contributed by atoms with Gasteiger partial charge in [-0.25, -0.2) is 0 Å². The van der Waals surface area contributed by atoms with Gasteiger partial charge in [0.2, 0.25) is 0 Å². The van der Waals surface area contributed by atoms with Gasteiger partial charge < -0.3 is 4.90 Å². The fourth-order valence-electron chi connectivity index (χ4n) is 1.93. The molecule has 3 nitrogen and oxygen atoms in total. The second-order valence-electron chi connectivity index (χ2n) is 4.53. The second-order valence-corrected chi connectivity index (χ2v) is 4.53. The molecule has 0 saturated heterocycles. The van der Waals surface area contributed by atoms with Crippen LogP contribution in [0.4, 0.5) is 5.69 Å². The van der Waals surface area contributed by atoms with Crippen LogP contribution in [0.1, 0.15) is 49.0 Å². The molecule has 1 aromatic rings. The maximum absolute atomic E-state index is 11.6. The van der Waals surface area contributed by atoms with E-state index in [9.17, 15) is 4.79 Å². The highest BCUT2D eigenvalue weighted by molar-refractivity contribution is 5.99. The van der Waals surface area contributed by atoms with E-state index in [0.29, 0.717) is 11.1 Å². The Morgan fingerprint density at radius 1 is 1.39 bits per heavy atom. The molecule has 0 heterocycles. The molecule has 3 heteroatoms. The van der Waals surface area contributed by atoms with Gasteiger partial charge in [0.05, 0.1) is 11.6 Å². The number of unbranched alkanes of at least 4 members (excludes halogenated alkanes) is 2. The summed E-state index contributed by atoms with van der Waals surface area (Å²) in [7, 11) is 1.97. The van der Waals surface area contributed by atoms with Crippen molar-refractivity contribution in [2.45, 2.75) is 33.1 Å². The van der Waals surface area contributed by atoms with E-state index in [1.165, 1.54) is 12.8 Å². The van der Waals surface area contributed by atoms with E-state index in [0.717, 1.165) is 18.7 Å². The quantitative estimate of drug-likeness (QED) is 0.569. The Hall–Kier alpha value is -1.82. The highest BCUT2D eigenvalue weighted by Crippen LogP contribution is 2.22. The molecular formula is C15H20N2O. The van der Waals surface area contributed by atoms with Crippen LogP contribution in [0.25, 0.3) is 0 Å². The van der Waals surface area contributed by atoms with Gasteiger partial charge in [-0.2, -0.15) is 5.26 Å². The standard InChI is InChI=1S/C15H20N2O/c1-4-5-6-9-17(3)15-10-13(11-16)7-8-14(15)12(2)18/h7-8,10H,4-6,9H2,1-3H3. The van der Waals surface area contributed by atoms with Gasteiger partial charge in [-0.05, 0) is 31.5 Å². The van der Waals surface area contributed by atoms with E-state index >= 15 is 0 Å². The number of ketones is 1. The number of nitriles is 1. The van der Waals surface area contributed by atoms with E-state index in [1.807, 2.05) is 7.05 Å². The summed E-state index contributed by atoms with van der Waals surface area (Å²) in [6.45, 7) is 4.63. The summed E-state index contributed by atoms with van der Waals surface area (Å²) in [6.07, 6.45) is 3.45.